The summed E-state index contributed by atoms with van der Waals surface area (Å²) < 4.78 is 1.93. The zero-order valence-electron chi connectivity index (χ0n) is 18.8. The summed E-state index contributed by atoms with van der Waals surface area (Å²) in [6.07, 6.45) is 3.81. The number of nitrogens with one attached hydrogen (secondary N) is 2. The van der Waals surface area contributed by atoms with Gasteiger partial charge in [0.2, 0.25) is 0 Å². The van der Waals surface area contributed by atoms with E-state index in [1.165, 1.54) is 19.3 Å². The molecule has 0 aliphatic carbocycles. The molecule has 1 saturated heterocycles. The quantitative estimate of drug-likeness (QED) is 0.286. The third kappa shape index (κ3) is 6.67. The normalized spacial score (nSPS) is 14.7. The average molecular weight is 450 g/mol. The number of hydroxylamine groups is 1. The second kappa shape index (κ2) is 10.3. The number of amides is 2. The molecule has 1 aromatic carbocycles. The Kier molecular flexibility index (Phi) is 7.52. The number of aliphatic hydroxyl groups is 1. The van der Waals surface area contributed by atoms with E-state index in [1.807, 2.05) is 17.8 Å². The summed E-state index contributed by atoms with van der Waals surface area (Å²) in [5.41, 5.74) is 1.91. The van der Waals surface area contributed by atoms with Crippen LogP contribution < -0.4 is 10.8 Å². The molecule has 9 nitrogen and oxygen atoms in total. The summed E-state index contributed by atoms with van der Waals surface area (Å²) >= 11 is 0. The van der Waals surface area contributed by atoms with Crippen molar-refractivity contribution in [2.75, 3.05) is 13.1 Å². The van der Waals surface area contributed by atoms with Crippen molar-refractivity contribution in [1.29, 1.82) is 0 Å². The minimum atomic E-state index is -1.57. The van der Waals surface area contributed by atoms with E-state index in [1.54, 1.807) is 30.6 Å². The fraction of sp³-hybridized carbons (Fsp3) is 0.375. The molecule has 0 radical (unpaired) electrons. The van der Waals surface area contributed by atoms with Gasteiger partial charge >= 0.3 is 0 Å². The lowest BCUT2D eigenvalue weighted by molar-refractivity contribution is -0.136. The molecule has 9 heteroatoms. The molecule has 0 saturated carbocycles. The van der Waals surface area contributed by atoms with E-state index >= 15 is 0 Å². The molecule has 3 rings (SSSR count). The second-order valence-electron chi connectivity index (χ2n) is 8.55. The molecule has 4 N–H and O–H groups in total. The van der Waals surface area contributed by atoms with Gasteiger partial charge in [-0.05, 0) is 50.0 Å². The SMILES string of the molecule is Cn1cnc(CN2CC(C#CC#Cc3ccc(C(=O)N[C@H](C(=O)NO)C(C)(C)O)cc3)C2)c1. The van der Waals surface area contributed by atoms with Crippen LogP contribution in [-0.4, -0.2) is 61.3 Å². The summed E-state index contributed by atoms with van der Waals surface area (Å²) in [6, 6.07) is 5.15. The number of aromatic nitrogens is 2. The maximum Gasteiger partial charge on any atom is 0.268 e. The zero-order chi connectivity index (χ0) is 24.0. The monoisotopic (exact) mass is 449 g/mol. The minimum absolute atomic E-state index is 0.286. The van der Waals surface area contributed by atoms with Crippen molar-refractivity contribution >= 4 is 11.8 Å². The van der Waals surface area contributed by atoms with Gasteiger partial charge in [-0.1, -0.05) is 11.8 Å². The van der Waals surface area contributed by atoms with E-state index < -0.39 is 23.5 Å². The van der Waals surface area contributed by atoms with Gasteiger partial charge in [0.25, 0.3) is 11.8 Å². The van der Waals surface area contributed by atoms with Crippen LogP contribution in [0.5, 0.6) is 0 Å². The lowest BCUT2D eigenvalue weighted by atomic mass is 9.97. The molecule has 1 aliphatic rings. The van der Waals surface area contributed by atoms with Crippen molar-refractivity contribution in [2.45, 2.75) is 32.0 Å². The van der Waals surface area contributed by atoms with Crippen molar-refractivity contribution in [2.24, 2.45) is 13.0 Å². The Labute approximate surface area is 192 Å². The summed E-state index contributed by atoms with van der Waals surface area (Å²) in [4.78, 5) is 30.7. The van der Waals surface area contributed by atoms with Gasteiger partial charge in [-0.15, -0.1) is 0 Å². The average Bonchev–Trinajstić information content (AvgIpc) is 3.16. The first-order valence-corrected chi connectivity index (χ1v) is 10.4. The zero-order valence-corrected chi connectivity index (χ0v) is 18.8. The topological polar surface area (TPSA) is 120 Å². The summed E-state index contributed by atoms with van der Waals surface area (Å²) in [6.45, 7) is 5.33. The Morgan fingerprint density at radius 1 is 1.24 bits per heavy atom. The lowest BCUT2D eigenvalue weighted by Gasteiger charge is -2.35. The largest absolute Gasteiger partial charge is 0.388 e. The number of aryl methyl sites for hydroxylation is 1. The lowest BCUT2D eigenvalue weighted by Crippen LogP contribution is -2.57. The van der Waals surface area contributed by atoms with Crippen LogP contribution in [0.15, 0.2) is 36.8 Å². The van der Waals surface area contributed by atoms with Crippen LogP contribution in [0.1, 0.15) is 35.5 Å². The number of hydrogen-bond acceptors (Lipinski definition) is 6. The van der Waals surface area contributed by atoms with Crippen LogP contribution in [-0.2, 0) is 18.4 Å². The van der Waals surface area contributed by atoms with Crippen LogP contribution in [0.4, 0.5) is 0 Å². The highest BCUT2D eigenvalue weighted by molar-refractivity contribution is 5.97. The Hall–Kier alpha value is -3.63. The Balaban J connectivity index is 1.50. The third-order valence-electron chi connectivity index (χ3n) is 5.15. The van der Waals surface area contributed by atoms with Crippen molar-refractivity contribution in [3.63, 3.8) is 0 Å². The smallest absolute Gasteiger partial charge is 0.268 e. The molecule has 1 aliphatic heterocycles. The first-order valence-electron chi connectivity index (χ1n) is 10.4. The first-order chi connectivity index (χ1) is 15.7. The van der Waals surface area contributed by atoms with Crippen molar-refractivity contribution in [3.8, 4) is 23.7 Å². The van der Waals surface area contributed by atoms with Crippen molar-refractivity contribution in [3.05, 3.63) is 53.6 Å². The van der Waals surface area contributed by atoms with Gasteiger partial charge < -0.3 is 15.0 Å². The summed E-state index contributed by atoms with van der Waals surface area (Å²) in [5.74, 6) is 10.6. The molecular formula is C24H27N5O4. The van der Waals surface area contributed by atoms with Crippen LogP contribution in [0.25, 0.3) is 0 Å². The summed E-state index contributed by atoms with van der Waals surface area (Å²) in [5, 5.41) is 21.3. The van der Waals surface area contributed by atoms with Crippen LogP contribution in [0, 0.1) is 29.6 Å². The van der Waals surface area contributed by atoms with Crippen LogP contribution >= 0.6 is 0 Å². The Bertz CT molecular complexity index is 1120. The third-order valence-corrected chi connectivity index (χ3v) is 5.15. The van der Waals surface area contributed by atoms with Gasteiger partial charge in [-0.2, -0.15) is 0 Å². The van der Waals surface area contributed by atoms with Crippen molar-refractivity contribution in [1.82, 2.24) is 25.2 Å². The second-order valence-corrected chi connectivity index (χ2v) is 8.55. The molecule has 2 aromatic rings. The highest BCUT2D eigenvalue weighted by Gasteiger charge is 2.34. The maximum atomic E-state index is 12.4. The van der Waals surface area contributed by atoms with Crippen LogP contribution in [0.2, 0.25) is 0 Å². The summed E-state index contributed by atoms with van der Waals surface area (Å²) in [7, 11) is 1.95. The van der Waals surface area contributed by atoms with Crippen LogP contribution in [0.3, 0.4) is 0 Å². The molecule has 2 amide bonds. The molecule has 1 atom stereocenters. The van der Waals surface area contributed by atoms with Gasteiger partial charge in [-0.25, -0.2) is 10.5 Å². The van der Waals surface area contributed by atoms with E-state index in [9.17, 15) is 14.7 Å². The number of nitrogens with zero attached hydrogens (tertiary/aromatic N) is 3. The number of rotatable bonds is 6. The van der Waals surface area contributed by atoms with E-state index in [0.29, 0.717) is 11.5 Å². The number of hydrogen-bond donors (Lipinski definition) is 4. The maximum absolute atomic E-state index is 12.4. The highest BCUT2D eigenvalue weighted by Crippen LogP contribution is 2.17. The number of carbonyl (C=O) groups excluding carboxylic acids is 2. The Morgan fingerprint density at radius 3 is 2.52 bits per heavy atom. The molecule has 2 heterocycles. The van der Waals surface area contributed by atoms with E-state index in [-0.39, 0.29) is 5.56 Å². The van der Waals surface area contributed by atoms with Gasteiger partial charge in [-0.3, -0.25) is 19.7 Å². The molecule has 0 spiro atoms. The molecule has 172 valence electrons. The molecule has 0 unspecified atom stereocenters. The van der Waals surface area contributed by atoms with E-state index in [4.69, 9.17) is 5.21 Å². The number of imidazole rings is 1. The molecular weight excluding hydrogens is 422 g/mol. The molecule has 1 aromatic heterocycles. The first kappa shape index (κ1) is 24.0. The van der Waals surface area contributed by atoms with E-state index in [2.05, 4.69) is 38.9 Å². The predicted molar refractivity (Wildman–Crippen MR) is 121 cm³/mol. The van der Waals surface area contributed by atoms with Gasteiger partial charge in [0.1, 0.15) is 6.04 Å². The predicted octanol–water partition coefficient (Wildman–Crippen LogP) is 0.282. The fourth-order valence-electron chi connectivity index (χ4n) is 3.36. The number of carbonyl (C=O) groups is 2. The standard InChI is InChI=1S/C24H27N5O4/c1-24(2,32)21(23(31)27-33)26-22(30)19-10-8-17(9-11-19)6-4-5-7-18-12-29(13-18)15-20-14-28(3)16-25-20/h8-11,14,16,18,21,32-33H,12-13,15H2,1-3H3,(H,26,30)(H,27,31)/t21-/m1/s1. The number of likely N-dealkylation sites (tertiary alicyclic amines) is 1. The van der Waals surface area contributed by atoms with Crippen molar-refractivity contribution < 1.29 is 19.9 Å². The van der Waals surface area contributed by atoms with Gasteiger partial charge in [0, 0.05) is 49.9 Å². The molecule has 33 heavy (non-hydrogen) atoms. The minimum Gasteiger partial charge on any atom is -0.388 e. The van der Waals surface area contributed by atoms with Gasteiger partial charge in [0.05, 0.1) is 17.6 Å². The molecule has 0 bridgehead atoms. The number of benzene rings is 1. The Morgan fingerprint density at radius 2 is 1.94 bits per heavy atom. The van der Waals surface area contributed by atoms with E-state index in [0.717, 1.165) is 25.3 Å². The highest BCUT2D eigenvalue weighted by atomic mass is 16.5. The molecule has 1 fully saturated rings. The van der Waals surface area contributed by atoms with Gasteiger partial charge in [0.15, 0.2) is 0 Å². The fourth-order valence-corrected chi connectivity index (χ4v) is 3.36.